The van der Waals surface area contributed by atoms with Gasteiger partial charge in [-0.1, -0.05) is 6.92 Å². The summed E-state index contributed by atoms with van der Waals surface area (Å²) in [6, 6.07) is 0. The summed E-state index contributed by atoms with van der Waals surface area (Å²) in [5.41, 5.74) is 4.48. The second-order valence-corrected chi connectivity index (χ2v) is 9.28. The van der Waals surface area contributed by atoms with E-state index in [1.807, 2.05) is 37.4 Å². The van der Waals surface area contributed by atoms with Crippen LogP contribution in [0, 0.1) is 19.8 Å². The Bertz CT molecular complexity index is 862. The summed E-state index contributed by atoms with van der Waals surface area (Å²) < 4.78 is 7.27. The number of aryl methyl sites for hydroxylation is 2. The quantitative estimate of drug-likeness (QED) is 0.671. The van der Waals surface area contributed by atoms with Crippen molar-refractivity contribution in [1.82, 2.24) is 24.6 Å². The van der Waals surface area contributed by atoms with Crippen LogP contribution in [0.2, 0.25) is 0 Å². The van der Waals surface area contributed by atoms with Gasteiger partial charge in [0, 0.05) is 63.9 Å². The minimum Gasteiger partial charge on any atom is -0.375 e. The summed E-state index contributed by atoms with van der Waals surface area (Å²) in [5, 5.41) is 7.64. The van der Waals surface area contributed by atoms with Crippen molar-refractivity contribution in [2.24, 2.45) is 13.0 Å². The largest absolute Gasteiger partial charge is 0.375 e. The van der Waals surface area contributed by atoms with Crippen LogP contribution in [0.4, 0.5) is 0 Å². The lowest BCUT2D eigenvalue weighted by atomic mass is 9.98. The Morgan fingerprint density at radius 3 is 2.67 bits per heavy atom. The van der Waals surface area contributed by atoms with Gasteiger partial charge in [-0.3, -0.25) is 14.4 Å². The Labute approximate surface area is 184 Å². The molecule has 166 valence electrons. The molecule has 0 radical (unpaired) electrons. The third-order valence-corrected chi connectivity index (χ3v) is 7.20. The maximum atomic E-state index is 13.1. The number of ether oxygens (including phenoxy) is 1. The highest BCUT2D eigenvalue weighted by Gasteiger charge is 2.25. The van der Waals surface area contributed by atoms with Gasteiger partial charge >= 0.3 is 0 Å². The third kappa shape index (κ3) is 5.28. The van der Waals surface area contributed by atoms with E-state index in [0.717, 1.165) is 67.7 Å². The molecule has 0 aromatic carbocycles. The standard InChI is InChI=1S/C22H35N5O2S/c1-15(12-20-16(2)24-25(5)17(20)3)22(28)27-9-7-8-26(10-11-27)13-19-14-30-21(23-19)18(4)29-6/h14-15,18H,7-13H2,1-6H3. The SMILES string of the molecule is COC(C)c1nc(CN2CCCN(C(=O)C(C)Cc3c(C)nn(C)c3C)CC2)cs1. The topological polar surface area (TPSA) is 63.5 Å². The van der Waals surface area contributed by atoms with E-state index < -0.39 is 0 Å². The predicted molar refractivity (Wildman–Crippen MR) is 120 cm³/mol. The number of methoxy groups -OCH3 is 1. The van der Waals surface area contributed by atoms with Gasteiger partial charge in [-0.2, -0.15) is 5.10 Å². The van der Waals surface area contributed by atoms with Crippen LogP contribution >= 0.6 is 11.3 Å². The number of hydrogen-bond donors (Lipinski definition) is 0. The van der Waals surface area contributed by atoms with Crippen molar-refractivity contribution in [2.75, 3.05) is 33.3 Å². The first-order valence-corrected chi connectivity index (χ1v) is 11.7. The third-order valence-electron chi connectivity index (χ3n) is 6.15. The van der Waals surface area contributed by atoms with Crippen molar-refractivity contribution in [3.8, 4) is 0 Å². The van der Waals surface area contributed by atoms with Crippen molar-refractivity contribution in [1.29, 1.82) is 0 Å². The molecular weight excluding hydrogens is 398 g/mol. The lowest BCUT2D eigenvalue weighted by Gasteiger charge is -2.25. The van der Waals surface area contributed by atoms with Crippen molar-refractivity contribution in [2.45, 2.75) is 53.2 Å². The Kier molecular flexibility index (Phi) is 7.65. The van der Waals surface area contributed by atoms with E-state index in [-0.39, 0.29) is 17.9 Å². The lowest BCUT2D eigenvalue weighted by Crippen LogP contribution is -2.38. The number of nitrogens with zero attached hydrogens (tertiary/aromatic N) is 5. The molecule has 2 aromatic heterocycles. The molecule has 3 rings (SSSR count). The Morgan fingerprint density at radius 2 is 2.00 bits per heavy atom. The van der Waals surface area contributed by atoms with Crippen LogP contribution < -0.4 is 0 Å². The van der Waals surface area contributed by atoms with Crippen LogP contribution in [-0.4, -0.2) is 63.8 Å². The molecule has 30 heavy (non-hydrogen) atoms. The summed E-state index contributed by atoms with van der Waals surface area (Å²) in [6.45, 7) is 12.5. The average Bonchev–Trinajstić information content (AvgIpc) is 3.18. The van der Waals surface area contributed by atoms with Gasteiger partial charge in [0.25, 0.3) is 0 Å². The molecular formula is C22H35N5O2S. The molecule has 2 aromatic rings. The smallest absolute Gasteiger partial charge is 0.225 e. The molecule has 0 saturated carbocycles. The fraction of sp³-hybridized carbons (Fsp3) is 0.682. The van der Waals surface area contributed by atoms with Gasteiger partial charge in [0.05, 0.1) is 11.4 Å². The van der Waals surface area contributed by atoms with Crippen LogP contribution in [0.3, 0.4) is 0 Å². The van der Waals surface area contributed by atoms with Gasteiger partial charge in [-0.05, 0) is 39.2 Å². The fourth-order valence-corrected chi connectivity index (χ4v) is 4.92. The molecule has 0 aliphatic carbocycles. The number of carbonyl (C=O) groups is 1. The number of thiazole rings is 1. The molecule has 3 heterocycles. The minimum atomic E-state index is -0.0326. The molecule has 1 aliphatic heterocycles. The normalized spacial score (nSPS) is 17.7. The van der Waals surface area contributed by atoms with Crippen molar-refractivity contribution in [3.63, 3.8) is 0 Å². The molecule has 1 fully saturated rings. The zero-order valence-corrected chi connectivity index (χ0v) is 20.0. The van der Waals surface area contributed by atoms with Crippen molar-refractivity contribution >= 4 is 17.2 Å². The van der Waals surface area contributed by atoms with Gasteiger partial charge in [-0.25, -0.2) is 4.98 Å². The molecule has 8 heteroatoms. The maximum absolute atomic E-state index is 13.1. The van der Waals surface area contributed by atoms with E-state index in [0.29, 0.717) is 0 Å². The van der Waals surface area contributed by atoms with E-state index in [1.54, 1.807) is 18.4 Å². The maximum Gasteiger partial charge on any atom is 0.225 e. The number of carbonyl (C=O) groups excluding carboxylic acids is 1. The average molecular weight is 434 g/mol. The van der Waals surface area contributed by atoms with Gasteiger partial charge in [-0.15, -0.1) is 11.3 Å². The molecule has 0 N–H and O–H groups in total. The molecule has 1 aliphatic rings. The van der Waals surface area contributed by atoms with Crippen LogP contribution in [0.15, 0.2) is 5.38 Å². The molecule has 0 spiro atoms. The summed E-state index contributed by atoms with van der Waals surface area (Å²) in [5.74, 6) is 0.221. The summed E-state index contributed by atoms with van der Waals surface area (Å²) in [4.78, 5) is 22.3. The highest BCUT2D eigenvalue weighted by molar-refractivity contribution is 7.09. The first-order chi connectivity index (χ1) is 14.3. The van der Waals surface area contributed by atoms with Crippen LogP contribution in [0.5, 0.6) is 0 Å². The highest BCUT2D eigenvalue weighted by atomic mass is 32.1. The minimum absolute atomic E-state index is 0.0326. The Balaban J connectivity index is 1.55. The van der Waals surface area contributed by atoms with E-state index in [4.69, 9.17) is 9.72 Å². The molecule has 0 bridgehead atoms. The van der Waals surface area contributed by atoms with Crippen molar-refractivity contribution < 1.29 is 9.53 Å². The Morgan fingerprint density at radius 1 is 1.23 bits per heavy atom. The Hall–Kier alpha value is -1.77. The molecule has 2 atom stereocenters. The number of amides is 1. The molecule has 1 saturated heterocycles. The zero-order chi connectivity index (χ0) is 21.8. The molecule has 7 nitrogen and oxygen atoms in total. The number of rotatable bonds is 7. The van der Waals surface area contributed by atoms with Gasteiger partial charge in [0.2, 0.25) is 5.91 Å². The van der Waals surface area contributed by atoms with Crippen LogP contribution in [0.1, 0.15) is 54.0 Å². The van der Waals surface area contributed by atoms with Gasteiger partial charge in [0.15, 0.2) is 0 Å². The number of aromatic nitrogens is 3. The summed E-state index contributed by atoms with van der Waals surface area (Å²) in [6.07, 6.45) is 1.79. The second kappa shape index (κ2) is 10.0. The van der Waals surface area contributed by atoms with E-state index in [2.05, 4.69) is 22.3 Å². The highest BCUT2D eigenvalue weighted by Crippen LogP contribution is 2.22. The van der Waals surface area contributed by atoms with E-state index >= 15 is 0 Å². The van der Waals surface area contributed by atoms with Crippen molar-refractivity contribution in [3.05, 3.63) is 33.0 Å². The van der Waals surface area contributed by atoms with Gasteiger partial charge in [0.1, 0.15) is 11.1 Å². The first kappa shape index (κ1) is 22.9. The summed E-state index contributed by atoms with van der Waals surface area (Å²) >= 11 is 1.66. The molecule has 2 unspecified atom stereocenters. The van der Waals surface area contributed by atoms with E-state index in [1.165, 1.54) is 5.56 Å². The van der Waals surface area contributed by atoms with Crippen LogP contribution in [0.25, 0.3) is 0 Å². The lowest BCUT2D eigenvalue weighted by molar-refractivity contribution is -0.134. The van der Waals surface area contributed by atoms with Gasteiger partial charge < -0.3 is 9.64 Å². The summed E-state index contributed by atoms with van der Waals surface area (Å²) in [7, 11) is 3.67. The van der Waals surface area contributed by atoms with Crippen LogP contribution in [-0.2, 0) is 29.5 Å². The fourth-order valence-electron chi connectivity index (χ4n) is 4.08. The first-order valence-electron chi connectivity index (χ1n) is 10.8. The van der Waals surface area contributed by atoms with E-state index in [9.17, 15) is 4.79 Å². The zero-order valence-electron chi connectivity index (χ0n) is 19.1. The monoisotopic (exact) mass is 433 g/mol. The molecule has 1 amide bonds. The number of hydrogen-bond acceptors (Lipinski definition) is 6. The predicted octanol–water partition coefficient (Wildman–Crippen LogP) is 3.11. The second-order valence-electron chi connectivity index (χ2n) is 8.39.